The van der Waals surface area contributed by atoms with Crippen molar-refractivity contribution in [2.45, 2.75) is 13.8 Å². The molecule has 0 spiro atoms. The Morgan fingerprint density at radius 1 is 1.25 bits per heavy atom. The third-order valence-electron chi connectivity index (χ3n) is 2.44. The van der Waals surface area contributed by atoms with E-state index >= 15 is 0 Å². The molecule has 0 aliphatic heterocycles. The molecule has 0 radical (unpaired) electrons. The molecule has 0 saturated heterocycles. The minimum atomic E-state index is -0.386. The molecule has 4 nitrogen and oxygen atoms in total. The molecule has 1 aromatic carbocycles. The number of hydrogen-bond donors (Lipinski definition) is 1. The van der Waals surface area contributed by atoms with Crippen LogP contribution in [0.3, 0.4) is 0 Å². The van der Waals surface area contributed by atoms with Crippen molar-refractivity contribution in [2.75, 3.05) is 6.79 Å². The highest BCUT2D eigenvalue weighted by atomic mass is 32.1. The lowest BCUT2D eigenvalue weighted by molar-refractivity contribution is 0.0955. The average Bonchev–Trinajstić information content (AvgIpc) is 2.71. The van der Waals surface area contributed by atoms with Crippen LogP contribution in [0.4, 0.5) is 0 Å². The van der Waals surface area contributed by atoms with Crippen LogP contribution in [0.25, 0.3) is 11.3 Å². The van der Waals surface area contributed by atoms with Crippen LogP contribution in [0.5, 0.6) is 5.88 Å². The first-order chi connectivity index (χ1) is 7.72. The molecule has 2 rings (SSSR count). The Morgan fingerprint density at radius 3 is 2.75 bits per heavy atom. The number of aliphatic hydroxyl groups is 1. The van der Waals surface area contributed by atoms with Gasteiger partial charge in [-0.05, 0) is 31.0 Å². The van der Waals surface area contributed by atoms with Gasteiger partial charge in [0.05, 0.1) is 11.7 Å². The molecule has 0 aliphatic carbocycles. The van der Waals surface area contributed by atoms with E-state index < -0.39 is 0 Å². The van der Waals surface area contributed by atoms with Gasteiger partial charge in [-0.1, -0.05) is 12.1 Å². The van der Waals surface area contributed by atoms with Crippen LogP contribution in [-0.4, -0.2) is 20.6 Å². The van der Waals surface area contributed by atoms with Gasteiger partial charge in [0.25, 0.3) is 5.88 Å². The summed E-state index contributed by atoms with van der Waals surface area (Å²) in [6.07, 6.45) is 0. The molecular formula is C11H12N2O2S. The van der Waals surface area contributed by atoms with Gasteiger partial charge >= 0.3 is 0 Å². The molecule has 2 aromatic rings. The summed E-state index contributed by atoms with van der Waals surface area (Å²) in [5, 5.41) is 8.72. The molecule has 1 aromatic heterocycles. The summed E-state index contributed by atoms with van der Waals surface area (Å²) < 4.78 is 13.1. The summed E-state index contributed by atoms with van der Waals surface area (Å²) in [7, 11) is 0. The third kappa shape index (κ3) is 2.05. The number of ether oxygens (including phenoxy) is 1. The van der Waals surface area contributed by atoms with Crippen molar-refractivity contribution in [3.05, 3.63) is 29.3 Å². The molecule has 0 atom stereocenters. The van der Waals surface area contributed by atoms with E-state index in [0.717, 1.165) is 17.3 Å². The molecule has 1 N–H and O–H groups in total. The molecule has 84 valence electrons. The Kier molecular flexibility index (Phi) is 3.17. The highest BCUT2D eigenvalue weighted by Gasteiger charge is 2.11. The molecule has 1 heterocycles. The lowest BCUT2D eigenvalue weighted by atomic mass is 10.0. The van der Waals surface area contributed by atoms with Crippen molar-refractivity contribution < 1.29 is 9.84 Å². The molecule has 5 heteroatoms. The summed E-state index contributed by atoms with van der Waals surface area (Å²) in [5.41, 5.74) is 4.07. The number of aliphatic hydroxyl groups excluding tert-OH is 1. The van der Waals surface area contributed by atoms with E-state index in [1.54, 1.807) is 0 Å². The molecular weight excluding hydrogens is 224 g/mol. The quantitative estimate of drug-likeness (QED) is 0.830. The Labute approximate surface area is 97.9 Å². The smallest absolute Gasteiger partial charge is 0.256 e. The molecule has 0 amide bonds. The summed E-state index contributed by atoms with van der Waals surface area (Å²) in [5.74, 6) is 0.385. The van der Waals surface area contributed by atoms with E-state index in [2.05, 4.69) is 15.7 Å². The fourth-order valence-corrected chi connectivity index (χ4v) is 1.92. The molecule has 0 aliphatic rings. The zero-order valence-electron chi connectivity index (χ0n) is 9.10. The number of nitrogens with zero attached hydrogens (tertiary/aromatic N) is 2. The van der Waals surface area contributed by atoms with Crippen LogP contribution in [0.2, 0.25) is 0 Å². The standard InChI is InChI=1S/C11H12N2O2S/c1-7-3-4-9(5-8(7)2)10-11(15-6-14)13-16-12-10/h3-5,14H,6H2,1-2H3. The number of aryl methyl sites for hydroxylation is 2. The van der Waals surface area contributed by atoms with Gasteiger partial charge in [-0.25, -0.2) is 0 Å². The Morgan fingerprint density at radius 2 is 2.06 bits per heavy atom. The molecule has 16 heavy (non-hydrogen) atoms. The van der Waals surface area contributed by atoms with Gasteiger partial charge in [0.2, 0.25) is 0 Å². The van der Waals surface area contributed by atoms with Crippen molar-refractivity contribution in [1.29, 1.82) is 0 Å². The number of benzene rings is 1. The zero-order chi connectivity index (χ0) is 11.5. The first-order valence-electron chi connectivity index (χ1n) is 4.86. The first kappa shape index (κ1) is 11.0. The Hall–Kier alpha value is -1.46. The minimum Gasteiger partial charge on any atom is -0.448 e. The highest BCUT2D eigenvalue weighted by Crippen LogP contribution is 2.28. The maximum atomic E-state index is 8.72. The molecule has 0 bridgehead atoms. The third-order valence-corrected chi connectivity index (χ3v) is 2.95. The van der Waals surface area contributed by atoms with Crippen LogP contribution in [0.1, 0.15) is 11.1 Å². The van der Waals surface area contributed by atoms with E-state index in [0.29, 0.717) is 11.6 Å². The van der Waals surface area contributed by atoms with E-state index in [1.807, 2.05) is 25.1 Å². The fraction of sp³-hybridized carbons (Fsp3) is 0.273. The van der Waals surface area contributed by atoms with Crippen molar-refractivity contribution in [1.82, 2.24) is 8.75 Å². The SMILES string of the molecule is Cc1ccc(-c2nsnc2OCO)cc1C. The number of hydrogen-bond acceptors (Lipinski definition) is 5. The van der Waals surface area contributed by atoms with Crippen LogP contribution in [0, 0.1) is 13.8 Å². The predicted octanol–water partition coefficient (Wildman–Crippen LogP) is 2.15. The van der Waals surface area contributed by atoms with Gasteiger partial charge in [-0.15, -0.1) is 4.37 Å². The van der Waals surface area contributed by atoms with Crippen LogP contribution in [0.15, 0.2) is 18.2 Å². The van der Waals surface area contributed by atoms with Crippen molar-refractivity contribution in [3.8, 4) is 17.1 Å². The van der Waals surface area contributed by atoms with E-state index in [-0.39, 0.29) is 6.79 Å². The van der Waals surface area contributed by atoms with Crippen LogP contribution in [-0.2, 0) is 0 Å². The molecule has 0 fully saturated rings. The molecule has 0 saturated carbocycles. The molecule has 0 unspecified atom stereocenters. The minimum absolute atomic E-state index is 0.385. The lowest BCUT2D eigenvalue weighted by Gasteiger charge is -2.04. The van der Waals surface area contributed by atoms with Crippen molar-refractivity contribution in [2.24, 2.45) is 0 Å². The number of aromatic nitrogens is 2. The summed E-state index contributed by atoms with van der Waals surface area (Å²) >= 11 is 1.07. The highest BCUT2D eigenvalue weighted by molar-refractivity contribution is 6.99. The second-order valence-electron chi connectivity index (χ2n) is 3.49. The van der Waals surface area contributed by atoms with Crippen LogP contribution >= 0.6 is 11.7 Å². The maximum absolute atomic E-state index is 8.72. The average molecular weight is 236 g/mol. The second-order valence-corrected chi connectivity index (χ2v) is 4.02. The van der Waals surface area contributed by atoms with E-state index in [1.165, 1.54) is 11.1 Å². The second kappa shape index (κ2) is 4.59. The van der Waals surface area contributed by atoms with Crippen molar-refractivity contribution >= 4 is 11.7 Å². The van der Waals surface area contributed by atoms with Crippen LogP contribution < -0.4 is 4.74 Å². The van der Waals surface area contributed by atoms with E-state index in [9.17, 15) is 0 Å². The van der Waals surface area contributed by atoms with Gasteiger partial charge < -0.3 is 9.84 Å². The van der Waals surface area contributed by atoms with Gasteiger partial charge in [0, 0.05) is 5.56 Å². The Bertz CT molecular complexity index is 496. The Balaban J connectivity index is 2.42. The van der Waals surface area contributed by atoms with Gasteiger partial charge in [0.1, 0.15) is 5.69 Å². The van der Waals surface area contributed by atoms with Gasteiger partial charge in [-0.3, -0.25) is 0 Å². The zero-order valence-corrected chi connectivity index (χ0v) is 9.91. The summed E-state index contributed by atoms with van der Waals surface area (Å²) in [6.45, 7) is 3.72. The normalized spacial score (nSPS) is 10.4. The number of rotatable bonds is 3. The van der Waals surface area contributed by atoms with Gasteiger partial charge in [-0.2, -0.15) is 4.37 Å². The maximum Gasteiger partial charge on any atom is 0.256 e. The lowest BCUT2D eigenvalue weighted by Crippen LogP contribution is -1.96. The summed E-state index contributed by atoms with van der Waals surface area (Å²) in [6, 6.07) is 6.05. The fourth-order valence-electron chi connectivity index (χ4n) is 1.40. The largest absolute Gasteiger partial charge is 0.448 e. The van der Waals surface area contributed by atoms with Crippen molar-refractivity contribution in [3.63, 3.8) is 0 Å². The first-order valence-corrected chi connectivity index (χ1v) is 5.59. The van der Waals surface area contributed by atoms with Gasteiger partial charge in [0.15, 0.2) is 6.79 Å². The van der Waals surface area contributed by atoms with E-state index in [4.69, 9.17) is 9.84 Å². The summed E-state index contributed by atoms with van der Waals surface area (Å²) in [4.78, 5) is 0. The predicted molar refractivity (Wildman–Crippen MR) is 62.5 cm³/mol. The topological polar surface area (TPSA) is 55.2 Å². The monoisotopic (exact) mass is 236 g/mol.